The Morgan fingerprint density at radius 1 is 0.605 bits per heavy atom. The van der Waals surface area contributed by atoms with Crippen LogP contribution in [0.3, 0.4) is 0 Å². The van der Waals surface area contributed by atoms with Crippen molar-refractivity contribution >= 4 is 41.7 Å². The zero-order chi connectivity index (χ0) is 32.0. The molecule has 240 valence electrons. The maximum Gasteiger partial charge on any atom is 0.303 e. The van der Waals surface area contributed by atoms with Crippen LogP contribution in [0, 0.1) is 0 Å². The van der Waals surface area contributed by atoms with Crippen molar-refractivity contribution in [1.29, 1.82) is 0 Å². The van der Waals surface area contributed by atoms with Crippen LogP contribution in [0.15, 0.2) is 4.99 Å². The third kappa shape index (κ3) is 9.08. The van der Waals surface area contributed by atoms with Crippen LogP contribution in [-0.4, -0.2) is 116 Å². The van der Waals surface area contributed by atoms with Crippen molar-refractivity contribution in [3.8, 4) is 0 Å². The van der Waals surface area contributed by atoms with Gasteiger partial charge in [-0.15, -0.1) is 0 Å². The van der Waals surface area contributed by atoms with E-state index in [0.717, 1.165) is 34.6 Å². The van der Waals surface area contributed by atoms with Crippen molar-refractivity contribution in [2.75, 3.05) is 13.2 Å². The van der Waals surface area contributed by atoms with Gasteiger partial charge in [0.05, 0.1) is 0 Å². The van der Waals surface area contributed by atoms with E-state index in [0.29, 0.717) is 0 Å². The van der Waals surface area contributed by atoms with Gasteiger partial charge in [-0.1, -0.05) is 0 Å². The normalized spacial score (nSPS) is 33.0. The zero-order valence-corrected chi connectivity index (χ0v) is 24.7. The van der Waals surface area contributed by atoms with Crippen LogP contribution in [0.2, 0.25) is 0 Å². The number of carbonyl (C=O) groups is 6. The first-order valence-electron chi connectivity index (χ1n) is 13.3. The first kappa shape index (κ1) is 33.7. The molecule has 10 atom stereocenters. The first-order chi connectivity index (χ1) is 20.2. The zero-order valence-electron chi connectivity index (χ0n) is 24.7. The third-order valence-corrected chi connectivity index (χ3v) is 6.22. The molecule has 0 unspecified atom stereocenters. The lowest BCUT2D eigenvalue weighted by Crippen LogP contribution is -2.66. The van der Waals surface area contributed by atoms with Gasteiger partial charge in [0.25, 0.3) is 0 Å². The van der Waals surface area contributed by atoms with Crippen molar-refractivity contribution in [3.05, 3.63) is 0 Å². The number of ether oxygens (including phenoxy) is 10. The van der Waals surface area contributed by atoms with Crippen LogP contribution in [0.25, 0.3) is 0 Å². The van der Waals surface area contributed by atoms with E-state index in [1.165, 1.54) is 6.92 Å². The van der Waals surface area contributed by atoms with Gasteiger partial charge in [-0.2, -0.15) is 0 Å². The Labute approximate surface area is 246 Å². The van der Waals surface area contributed by atoms with E-state index in [1.54, 1.807) is 6.92 Å². The summed E-state index contributed by atoms with van der Waals surface area (Å²) in [6, 6.07) is -0.923. The minimum atomic E-state index is -1.64. The van der Waals surface area contributed by atoms with Crippen LogP contribution in [0.5, 0.6) is 0 Å². The van der Waals surface area contributed by atoms with Crippen molar-refractivity contribution in [3.63, 3.8) is 0 Å². The minimum absolute atomic E-state index is 0.228. The molecule has 2 saturated heterocycles. The molecule has 0 saturated carbocycles. The van der Waals surface area contributed by atoms with E-state index in [2.05, 4.69) is 4.99 Å². The predicted octanol–water partition coefficient (Wildman–Crippen LogP) is -0.508. The van der Waals surface area contributed by atoms with Crippen molar-refractivity contribution in [1.82, 2.24) is 0 Å². The van der Waals surface area contributed by atoms with Crippen LogP contribution >= 0.6 is 0 Å². The molecule has 0 aliphatic carbocycles. The van der Waals surface area contributed by atoms with Crippen LogP contribution in [0.4, 0.5) is 0 Å². The Bertz CT molecular complexity index is 1120. The highest BCUT2D eigenvalue weighted by atomic mass is 16.8. The lowest BCUT2D eigenvalue weighted by Gasteiger charge is -2.47. The molecule has 3 rings (SSSR count). The van der Waals surface area contributed by atoms with Gasteiger partial charge in [-0.25, -0.2) is 4.99 Å². The molecular formula is C26H35NO16. The number of hydrogen-bond donors (Lipinski definition) is 0. The molecule has 0 aromatic carbocycles. The molecule has 3 aliphatic heterocycles. The Morgan fingerprint density at radius 2 is 1.07 bits per heavy atom. The molecule has 3 aliphatic rings. The molecule has 3 heterocycles. The van der Waals surface area contributed by atoms with E-state index in [4.69, 9.17) is 47.4 Å². The van der Waals surface area contributed by atoms with Crippen LogP contribution in [0.1, 0.15) is 48.5 Å². The van der Waals surface area contributed by atoms with Gasteiger partial charge in [-0.05, 0) is 0 Å². The fourth-order valence-corrected chi connectivity index (χ4v) is 4.81. The summed E-state index contributed by atoms with van der Waals surface area (Å²) in [7, 11) is 0. The number of rotatable bonds is 10. The summed E-state index contributed by atoms with van der Waals surface area (Å²) in [5.41, 5.74) is 0. The SMILES string of the molecule is CC(=O)OC[C@@H]1O[C@H]2OC(C)=N[C@H]2[C@H](OC(C)=O)[C@H]1O[C@@H]1O[C@H](COC(C)=O)[C@H](OC(C)=O)[C@H](OC(C)=O)[C@H]1OC(C)=O. The second-order valence-corrected chi connectivity index (χ2v) is 9.84. The molecule has 17 nitrogen and oxygen atoms in total. The second-order valence-electron chi connectivity index (χ2n) is 9.84. The Morgan fingerprint density at radius 3 is 1.58 bits per heavy atom. The highest BCUT2D eigenvalue weighted by Crippen LogP contribution is 2.36. The van der Waals surface area contributed by atoms with Crippen LogP contribution in [-0.2, 0) is 76.1 Å². The standard InChI is InChI=1S/C26H35NO16/c1-10-27-19-22(38-14(5)31)20(17(8-34-11(2)28)41-25(19)36-10)43-26-24(40-16(7)33)23(39-15(6)32)21(37-13(4)30)18(42-26)9-35-12(3)29/h17-26H,8-9H2,1-7H3/t17-,18+,19-,20-,21-,22-,23-,24+,25+,26-/m0/s1. The van der Waals surface area contributed by atoms with Gasteiger partial charge in [0.2, 0.25) is 6.29 Å². The molecule has 0 radical (unpaired) electrons. The summed E-state index contributed by atoms with van der Waals surface area (Å²) < 4.78 is 55.9. The lowest BCUT2D eigenvalue weighted by atomic mass is 9.95. The molecule has 0 aromatic rings. The van der Waals surface area contributed by atoms with Gasteiger partial charge in [0, 0.05) is 48.5 Å². The number of fused-ring (bicyclic) bond motifs is 1. The van der Waals surface area contributed by atoms with Crippen molar-refractivity contribution in [2.45, 2.75) is 110 Å². The maximum atomic E-state index is 12.2. The number of esters is 6. The number of aliphatic imine (C=N–C) groups is 1. The number of hydrogen-bond acceptors (Lipinski definition) is 17. The van der Waals surface area contributed by atoms with Crippen molar-refractivity contribution in [2.24, 2.45) is 4.99 Å². The van der Waals surface area contributed by atoms with Gasteiger partial charge in [-0.3, -0.25) is 28.8 Å². The molecule has 0 aromatic heterocycles. The van der Waals surface area contributed by atoms with E-state index in [-0.39, 0.29) is 5.90 Å². The van der Waals surface area contributed by atoms with Crippen molar-refractivity contribution < 1.29 is 76.1 Å². The van der Waals surface area contributed by atoms with Gasteiger partial charge >= 0.3 is 35.8 Å². The molecule has 0 N–H and O–H groups in total. The van der Waals surface area contributed by atoms with E-state index in [1.807, 2.05) is 0 Å². The highest BCUT2D eigenvalue weighted by Gasteiger charge is 2.58. The summed E-state index contributed by atoms with van der Waals surface area (Å²) in [6.07, 6.45) is -12.2. The van der Waals surface area contributed by atoms with Gasteiger partial charge in [0.15, 0.2) is 42.6 Å². The summed E-state index contributed by atoms with van der Waals surface area (Å²) >= 11 is 0. The van der Waals surface area contributed by atoms with E-state index in [9.17, 15) is 28.8 Å². The smallest absolute Gasteiger partial charge is 0.303 e. The Hall–Kier alpha value is -3.83. The highest BCUT2D eigenvalue weighted by molar-refractivity contribution is 5.75. The summed E-state index contributed by atoms with van der Waals surface area (Å²) in [6.45, 7) is 7.36. The monoisotopic (exact) mass is 617 g/mol. The first-order valence-corrected chi connectivity index (χ1v) is 13.3. The van der Waals surface area contributed by atoms with Gasteiger partial charge < -0.3 is 47.4 Å². The quantitative estimate of drug-likeness (QED) is 0.223. The number of nitrogens with zero attached hydrogens (tertiary/aromatic N) is 1. The molecule has 0 bridgehead atoms. The number of carbonyl (C=O) groups excluding carboxylic acids is 6. The summed E-state index contributed by atoms with van der Waals surface area (Å²) in [4.78, 5) is 76.2. The largest absolute Gasteiger partial charge is 0.463 e. The summed E-state index contributed by atoms with van der Waals surface area (Å²) in [5.74, 6) is -4.34. The van der Waals surface area contributed by atoms with E-state index < -0.39 is 110 Å². The maximum absolute atomic E-state index is 12.2. The molecule has 0 amide bonds. The predicted molar refractivity (Wildman–Crippen MR) is 136 cm³/mol. The third-order valence-electron chi connectivity index (χ3n) is 6.22. The fraction of sp³-hybridized carbons (Fsp3) is 0.731. The topological polar surface area (TPSA) is 207 Å². The fourth-order valence-electron chi connectivity index (χ4n) is 4.81. The molecule has 2 fully saturated rings. The lowest BCUT2D eigenvalue weighted by molar-refractivity contribution is -0.344. The molecule has 0 spiro atoms. The molecular weight excluding hydrogens is 582 g/mol. The van der Waals surface area contributed by atoms with Crippen LogP contribution < -0.4 is 0 Å². The molecule has 43 heavy (non-hydrogen) atoms. The molecule has 17 heteroatoms. The van der Waals surface area contributed by atoms with Gasteiger partial charge in [0.1, 0.15) is 31.5 Å². The Balaban J connectivity index is 2.07. The summed E-state index contributed by atoms with van der Waals surface area (Å²) in [5, 5.41) is 0. The Kier molecular flexibility index (Phi) is 11.4. The minimum Gasteiger partial charge on any atom is -0.463 e. The van der Waals surface area contributed by atoms with E-state index >= 15 is 0 Å². The second kappa shape index (κ2) is 14.6. The average Bonchev–Trinajstić information content (AvgIpc) is 3.25. The average molecular weight is 618 g/mol.